The molecule has 4 nitrogen and oxygen atoms in total. The highest BCUT2D eigenvalue weighted by Crippen LogP contribution is 2.19. The Kier molecular flexibility index (Phi) is 3.56. The number of alkyl halides is 1. The number of rotatable bonds is 3. The summed E-state index contributed by atoms with van der Waals surface area (Å²) in [5.41, 5.74) is 0.791. The molecule has 2 rings (SSSR count). The van der Waals surface area contributed by atoms with Crippen LogP contribution < -0.4 is 5.32 Å². The number of thiazole rings is 1. The minimum absolute atomic E-state index is 0.0111. The molecule has 0 saturated carbocycles. The molecule has 0 bridgehead atoms. The fraction of sp³-hybridized carbons (Fsp3) is 0.556. The van der Waals surface area contributed by atoms with Crippen LogP contribution in [0.3, 0.4) is 0 Å². The Bertz CT molecular complexity index is 350. The summed E-state index contributed by atoms with van der Waals surface area (Å²) in [5, 5.41) is 5.22. The van der Waals surface area contributed by atoms with Gasteiger partial charge in [0.2, 0.25) is 5.91 Å². The Morgan fingerprint density at radius 1 is 1.80 bits per heavy atom. The van der Waals surface area contributed by atoms with Crippen LogP contribution in [0.5, 0.6) is 0 Å². The summed E-state index contributed by atoms with van der Waals surface area (Å²) in [6, 6.07) is 0. The van der Waals surface area contributed by atoms with E-state index in [1.807, 2.05) is 5.38 Å². The van der Waals surface area contributed by atoms with E-state index < -0.39 is 0 Å². The van der Waals surface area contributed by atoms with E-state index in [1.54, 1.807) is 0 Å². The monoisotopic (exact) mass is 246 g/mol. The maximum Gasteiger partial charge on any atom is 0.231 e. The Balaban J connectivity index is 1.92. The molecule has 6 heteroatoms. The average Bonchev–Trinajstić information content (AvgIpc) is 2.87. The maximum atomic E-state index is 11.7. The Labute approximate surface area is 96.6 Å². The lowest BCUT2D eigenvalue weighted by atomic mass is 10.1. The van der Waals surface area contributed by atoms with E-state index in [1.165, 1.54) is 11.3 Å². The highest BCUT2D eigenvalue weighted by molar-refractivity contribution is 7.13. The Morgan fingerprint density at radius 3 is 3.27 bits per heavy atom. The van der Waals surface area contributed by atoms with Crippen LogP contribution in [0, 0.1) is 5.92 Å². The van der Waals surface area contributed by atoms with Gasteiger partial charge in [-0.25, -0.2) is 4.98 Å². The molecule has 1 amide bonds. The van der Waals surface area contributed by atoms with Crippen LogP contribution >= 0.6 is 22.9 Å². The topological polar surface area (TPSA) is 51.2 Å². The molecule has 0 spiro atoms. The largest absolute Gasteiger partial charge is 0.381 e. The molecular formula is C9H11ClN2O2S. The fourth-order valence-corrected chi connectivity index (χ4v) is 2.32. The standard InChI is InChI=1S/C9H11ClN2O2S/c10-3-7-5-15-9(11-7)12-8(13)6-1-2-14-4-6/h5-6H,1-4H2,(H,11,12,13). The van der Waals surface area contributed by atoms with E-state index in [4.69, 9.17) is 16.3 Å². The summed E-state index contributed by atoms with van der Waals surface area (Å²) in [4.78, 5) is 15.8. The highest BCUT2D eigenvalue weighted by Gasteiger charge is 2.24. The van der Waals surface area contributed by atoms with Crippen LogP contribution in [0.4, 0.5) is 5.13 Å². The first kappa shape index (κ1) is 10.9. The van der Waals surface area contributed by atoms with Crippen molar-refractivity contribution < 1.29 is 9.53 Å². The number of amides is 1. The number of anilines is 1. The van der Waals surface area contributed by atoms with Gasteiger partial charge in [-0.2, -0.15) is 0 Å². The molecule has 1 fully saturated rings. The zero-order valence-electron chi connectivity index (χ0n) is 8.03. The van der Waals surface area contributed by atoms with Gasteiger partial charge >= 0.3 is 0 Å². The van der Waals surface area contributed by atoms with Crippen molar-refractivity contribution in [1.29, 1.82) is 0 Å². The predicted octanol–water partition coefficient (Wildman–Crippen LogP) is 1.86. The predicted molar refractivity (Wildman–Crippen MR) is 59.2 cm³/mol. The van der Waals surface area contributed by atoms with Gasteiger partial charge < -0.3 is 10.1 Å². The van der Waals surface area contributed by atoms with Crippen molar-refractivity contribution in [3.8, 4) is 0 Å². The molecule has 1 aromatic heterocycles. The second-order valence-electron chi connectivity index (χ2n) is 3.33. The number of nitrogens with zero attached hydrogens (tertiary/aromatic N) is 1. The smallest absolute Gasteiger partial charge is 0.231 e. The molecule has 1 aromatic rings. The zero-order valence-corrected chi connectivity index (χ0v) is 9.61. The van der Waals surface area contributed by atoms with Crippen molar-refractivity contribution in [2.45, 2.75) is 12.3 Å². The van der Waals surface area contributed by atoms with Crippen molar-refractivity contribution in [3.05, 3.63) is 11.1 Å². The summed E-state index contributed by atoms with van der Waals surface area (Å²) >= 11 is 7.01. The molecule has 1 unspecified atom stereocenters. The molecule has 2 heterocycles. The highest BCUT2D eigenvalue weighted by atomic mass is 35.5. The first-order valence-corrected chi connectivity index (χ1v) is 6.10. The lowest BCUT2D eigenvalue weighted by Crippen LogP contribution is -2.22. The van der Waals surface area contributed by atoms with Gasteiger partial charge in [0, 0.05) is 12.0 Å². The number of carbonyl (C=O) groups excluding carboxylic acids is 1. The van der Waals surface area contributed by atoms with Crippen LogP contribution in [-0.4, -0.2) is 24.1 Å². The second-order valence-corrected chi connectivity index (χ2v) is 4.45. The maximum absolute atomic E-state index is 11.7. The van der Waals surface area contributed by atoms with Gasteiger partial charge in [0.05, 0.1) is 24.1 Å². The Morgan fingerprint density at radius 2 is 2.67 bits per heavy atom. The molecule has 82 valence electrons. The van der Waals surface area contributed by atoms with Gasteiger partial charge in [-0.05, 0) is 6.42 Å². The molecular weight excluding hydrogens is 236 g/mol. The first-order chi connectivity index (χ1) is 7.29. The molecule has 0 aliphatic carbocycles. The molecule has 1 aliphatic heterocycles. The van der Waals surface area contributed by atoms with E-state index in [2.05, 4.69) is 10.3 Å². The summed E-state index contributed by atoms with van der Waals surface area (Å²) in [6.07, 6.45) is 0.791. The molecule has 1 aliphatic rings. The van der Waals surface area contributed by atoms with Gasteiger partial charge in [0.1, 0.15) is 0 Å². The van der Waals surface area contributed by atoms with Crippen molar-refractivity contribution in [2.75, 3.05) is 18.5 Å². The fourth-order valence-electron chi connectivity index (χ4n) is 1.37. The minimum atomic E-state index is -0.0339. The molecule has 15 heavy (non-hydrogen) atoms. The number of carbonyl (C=O) groups is 1. The normalized spacial score (nSPS) is 20.5. The quantitative estimate of drug-likeness (QED) is 0.829. The number of halogens is 1. The van der Waals surface area contributed by atoms with Crippen molar-refractivity contribution in [1.82, 2.24) is 4.98 Å². The van der Waals surface area contributed by atoms with Crippen molar-refractivity contribution >= 4 is 34.0 Å². The second kappa shape index (κ2) is 4.92. The van der Waals surface area contributed by atoms with Crippen molar-refractivity contribution in [3.63, 3.8) is 0 Å². The summed E-state index contributed by atoms with van der Waals surface area (Å²) in [6.45, 7) is 1.18. The molecule has 1 N–H and O–H groups in total. The van der Waals surface area contributed by atoms with Crippen LogP contribution in [-0.2, 0) is 15.4 Å². The third-order valence-electron chi connectivity index (χ3n) is 2.22. The Hall–Kier alpha value is -0.650. The molecule has 1 atom stereocenters. The number of hydrogen-bond donors (Lipinski definition) is 1. The third-order valence-corrected chi connectivity index (χ3v) is 3.30. The SMILES string of the molecule is O=C(Nc1nc(CCl)cs1)C1CCOC1. The van der Waals surface area contributed by atoms with Gasteiger partial charge in [0.25, 0.3) is 0 Å². The van der Waals surface area contributed by atoms with Gasteiger partial charge in [-0.3, -0.25) is 4.79 Å². The van der Waals surface area contributed by atoms with E-state index in [0.29, 0.717) is 24.2 Å². The summed E-state index contributed by atoms with van der Waals surface area (Å²) < 4.78 is 5.14. The summed E-state index contributed by atoms with van der Waals surface area (Å²) in [5.74, 6) is 0.329. The zero-order chi connectivity index (χ0) is 10.7. The minimum Gasteiger partial charge on any atom is -0.381 e. The molecule has 0 radical (unpaired) electrons. The van der Waals surface area contributed by atoms with E-state index in [0.717, 1.165) is 12.1 Å². The van der Waals surface area contributed by atoms with Gasteiger partial charge in [0.15, 0.2) is 5.13 Å². The van der Waals surface area contributed by atoms with Crippen LogP contribution in [0.15, 0.2) is 5.38 Å². The lowest BCUT2D eigenvalue weighted by molar-refractivity contribution is -0.119. The number of aromatic nitrogens is 1. The number of ether oxygens (including phenoxy) is 1. The van der Waals surface area contributed by atoms with E-state index >= 15 is 0 Å². The first-order valence-electron chi connectivity index (χ1n) is 4.68. The number of hydrogen-bond acceptors (Lipinski definition) is 4. The molecule has 0 aromatic carbocycles. The van der Waals surface area contributed by atoms with Crippen LogP contribution in [0.1, 0.15) is 12.1 Å². The van der Waals surface area contributed by atoms with E-state index in [9.17, 15) is 4.79 Å². The van der Waals surface area contributed by atoms with Crippen LogP contribution in [0.2, 0.25) is 0 Å². The average molecular weight is 247 g/mol. The van der Waals surface area contributed by atoms with Gasteiger partial charge in [-0.1, -0.05) is 0 Å². The van der Waals surface area contributed by atoms with E-state index in [-0.39, 0.29) is 11.8 Å². The summed E-state index contributed by atoms with van der Waals surface area (Å²) in [7, 11) is 0. The molecule has 1 saturated heterocycles. The van der Waals surface area contributed by atoms with Gasteiger partial charge in [-0.15, -0.1) is 22.9 Å². The number of nitrogens with one attached hydrogen (secondary N) is 1. The van der Waals surface area contributed by atoms with Crippen molar-refractivity contribution in [2.24, 2.45) is 5.92 Å². The lowest BCUT2D eigenvalue weighted by Gasteiger charge is -2.05. The third kappa shape index (κ3) is 2.68. The van der Waals surface area contributed by atoms with Crippen LogP contribution in [0.25, 0.3) is 0 Å².